The second-order valence-electron chi connectivity index (χ2n) is 3.53. The van der Waals surface area contributed by atoms with E-state index in [-0.39, 0.29) is 5.69 Å². The quantitative estimate of drug-likeness (QED) is 0.881. The van der Waals surface area contributed by atoms with E-state index < -0.39 is 24.7 Å². The van der Waals surface area contributed by atoms with Crippen LogP contribution in [0, 0.1) is 0 Å². The van der Waals surface area contributed by atoms with Gasteiger partial charge in [-0.05, 0) is 0 Å². The minimum Gasteiger partial charge on any atom is -0.481 e. The van der Waals surface area contributed by atoms with Crippen LogP contribution >= 0.6 is 0 Å². The van der Waals surface area contributed by atoms with E-state index in [4.69, 9.17) is 5.11 Å². The lowest BCUT2D eigenvalue weighted by Crippen LogP contribution is -2.16. The van der Waals surface area contributed by atoms with E-state index in [2.05, 4.69) is 9.97 Å². The molecule has 2 aromatic heterocycles. The van der Waals surface area contributed by atoms with Crippen LogP contribution in [0.3, 0.4) is 0 Å². The standard InChI is InChI=1S/C10H9F2N3O2/c11-10(12)6(3-9(16)17)7-4-14-8-5-13-1-2-15(7)8/h1-2,4-6,10H,3H2,(H,16,17). The van der Waals surface area contributed by atoms with Gasteiger partial charge in [0, 0.05) is 18.6 Å². The first-order valence-corrected chi connectivity index (χ1v) is 4.86. The molecular formula is C10H9F2N3O2. The SMILES string of the molecule is O=C(O)CC(c1cnc2cnccn12)C(F)F. The van der Waals surface area contributed by atoms with Crippen molar-refractivity contribution in [3.05, 3.63) is 30.5 Å². The highest BCUT2D eigenvalue weighted by molar-refractivity contribution is 5.68. The molecule has 0 amide bonds. The highest BCUT2D eigenvalue weighted by Crippen LogP contribution is 2.27. The normalized spacial score (nSPS) is 13.1. The molecule has 0 saturated heterocycles. The highest BCUT2D eigenvalue weighted by atomic mass is 19.3. The molecule has 2 rings (SSSR count). The van der Waals surface area contributed by atoms with Gasteiger partial charge >= 0.3 is 5.97 Å². The van der Waals surface area contributed by atoms with Gasteiger partial charge in [0.15, 0.2) is 5.65 Å². The molecule has 0 aliphatic rings. The zero-order valence-electron chi connectivity index (χ0n) is 8.62. The van der Waals surface area contributed by atoms with Crippen LogP contribution in [0.15, 0.2) is 24.8 Å². The molecule has 0 aliphatic carbocycles. The van der Waals surface area contributed by atoms with E-state index >= 15 is 0 Å². The highest BCUT2D eigenvalue weighted by Gasteiger charge is 2.28. The van der Waals surface area contributed by atoms with E-state index in [9.17, 15) is 13.6 Å². The first-order valence-electron chi connectivity index (χ1n) is 4.86. The number of alkyl halides is 2. The van der Waals surface area contributed by atoms with Crippen molar-refractivity contribution >= 4 is 11.6 Å². The van der Waals surface area contributed by atoms with Crippen LogP contribution in [0.4, 0.5) is 8.78 Å². The fourth-order valence-corrected chi connectivity index (χ4v) is 1.65. The van der Waals surface area contributed by atoms with Crippen molar-refractivity contribution in [2.24, 2.45) is 0 Å². The van der Waals surface area contributed by atoms with E-state index in [1.807, 2.05) is 0 Å². The van der Waals surface area contributed by atoms with Crippen molar-refractivity contribution in [1.29, 1.82) is 0 Å². The summed E-state index contributed by atoms with van der Waals surface area (Å²) in [7, 11) is 0. The number of hydrogen-bond donors (Lipinski definition) is 1. The van der Waals surface area contributed by atoms with Crippen molar-refractivity contribution in [1.82, 2.24) is 14.4 Å². The zero-order valence-corrected chi connectivity index (χ0v) is 8.62. The van der Waals surface area contributed by atoms with Crippen molar-refractivity contribution in [3.63, 3.8) is 0 Å². The third kappa shape index (κ3) is 2.22. The molecule has 2 aromatic rings. The van der Waals surface area contributed by atoms with E-state index in [1.54, 1.807) is 0 Å². The number of rotatable bonds is 4. The van der Waals surface area contributed by atoms with Crippen LogP contribution in [-0.4, -0.2) is 31.9 Å². The summed E-state index contributed by atoms with van der Waals surface area (Å²) >= 11 is 0. The molecule has 0 fully saturated rings. The second kappa shape index (κ2) is 4.44. The summed E-state index contributed by atoms with van der Waals surface area (Å²) in [6.45, 7) is 0. The van der Waals surface area contributed by atoms with Crippen LogP contribution in [0.5, 0.6) is 0 Å². The largest absolute Gasteiger partial charge is 0.481 e. The summed E-state index contributed by atoms with van der Waals surface area (Å²) in [5.41, 5.74) is 0.596. The number of halogens is 2. The van der Waals surface area contributed by atoms with Crippen LogP contribution in [0.25, 0.3) is 5.65 Å². The maximum absolute atomic E-state index is 12.8. The first kappa shape index (κ1) is 11.4. The van der Waals surface area contributed by atoms with Gasteiger partial charge in [-0.1, -0.05) is 0 Å². The topological polar surface area (TPSA) is 67.5 Å². The van der Waals surface area contributed by atoms with E-state index in [1.165, 1.54) is 29.2 Å². The average molecular weight is 241 g/mol. The predicted octanol–water partition coefficient (Wildman–Crippen LogP) is 1.55. The number of carboxylic acid groups (broad SMARTS) is 1. The van der Waals surface area contributed by atoms with Gasteiger partial charge in [-0.2, -0.15) is 0 Å². The molecule has 1 N–H and O–H groups in total. The van der Waals surface area contributed by atoms with Crippen molar-refractivity contribution in [2.45, 2.75) is 18.8 Å². The molecule has 17 heavy (non-hydrogen) atoms. The van der Waals surface area contributed by atoms with Crippen LogP contribution < -0.4 is 0 Å². The Morgan fingerprint density at radius 3 is 2.88 bits per heavy atom. The third-order valence-corrected chi connectivity index (χ3v) is 2.42. The summed E-state index contributed by atoms with van der Waals surface area (Å²) < 4.78 is 27.1. The lowest BCUT2D eigenvalue weighted by atomic mass is 10.0. The lowest BCUT2D eigenvalue weighted by Gasteiger charge is -2.13. The van der Waals surface area contributed by atoms with Gasteiger partial charge < -0.3 is 9.51 Å². The van der Waals surface area contributed by atoms with Crippen molar-refractivity contribution < 1.29 is 18.7 Å². The fraction of sp³-hybridized carbons (Fsp3) is 0.300. The summed E-state index contributed by atoms with van der Waals surface area (Å²) in [6, 6.07) is 0. The Kier molecular flexibility index (Phi) is 2.99. The van der Waals surface area contributed by atoms with Gasteiger partial charge in [0.25, 0.3) is 0 Å². The van der Waals surface area contributed by atoms with Gasteiger partial charge in [0.1, 0.15) is 0 Å². The Balaban J connectivity index is 2.45. The number of fused-ring (bicyclic) bond motifs is 1. The molecule has 0 spiro atoms. The molecule has 1 unspecified atom stereocenters. The molecular weight excluding hydrogens is 232 g/mol. The molecule has 2 heterocycles. The number of imidazole rings is 1. The number of carbonyl (C=O) groups is 1. The van der Waals surface area contributed by atoms with Gasteiger partial charge in [-0.25, -0.2) is 13.8 Å². The fourth-order valence-electron chi connectivity index (χ4n) is 1.65. The number of nitrogens with zero attached hydrogens (tertiary/aromatic N) is 3. The Morgan fingerprint density at radius 1 is 1.47 bits per heavy atom. The summed E-state index contributed by atoms with van der Waals surface area (Å²) in [5, 5.41) is 8.63. The Labute approximate surface area is 94.7 Å². The number of carboxylic acids is 1. The summed E-state index contributed by atoms with van der Waals surface area (Å²) in [6.07, 6.45) is 2.22. The maximum Gasteiger partial charge on any atom is 0.304 e. The average Bonchev–Trinajstić information content (AvgIpc) is 2.69. The van der Waals surface area contributed by atoms with Crippen LogP contribution in [0.1, 0.15) is 18.0 Å². The van der Waals surface area contributed by atoms with Gasteiger partial charge in [0.2, 0.25) is 6.43 Å². The van der Waals surface area contributed by atoms with Gasteiger partial charge in [-0.15, -0.1) is 0 Å². The van der Waals surface area contributed by atoms with E-state index in [0.29, 0.717) is 5.65 Å². The summed E-state index contributed by atoms with van der Waals surface area (Å²) in [4.78, 5) is 18.3. The molecule has 0 aliphatic heterocycles. The first-order chi connectivity index (χ1) is 8.09. The zero-order chi connectivity index (χ0) is 12.4. The monoisotopic (exact) mass is 241 g/mol. The molecule has 90 valence electrons. The van der Waals surface area contributed by atoms with Gasteiger partial charge in [-0.3, -0.25) is 9.78 Å². The molecule has 5 nitrogen and oxygen atoms in total. The Morgan fingerprint density at radius 2 is 2.24 bits per heavy atom. The predicted molar refractivity (Wildman–Crippen MR) is 54.0 cm³/mol. The smallest absolute Gasteiger partial charge is 0.304 e. The van der Waals surface area contributed by atoms with Gasteiger partial charge in [0.05, 0.1) is 24.2 Å². The summed E-state index contributed by atoms with van der Waals surface area (Å²) in [5.74, 6) is -2.63. The Bertz CT molecular complexity index is 541. The van der Waals surface area contributed by atoms with Crippen LogP contribution in [0.2, 0.25) is 0 Å². The third-order valence-electron chi connectivity index (χ3n) is 2.42. The van der Waals surface area contributed by atoms with Crippen LogP contribution in [-0.2, 0) is 4.79 Å². The number of aromatic nitrogens is 3. The number of hydrogen-bond acceptors (Lipinski definition) is 3. The van der Waals surface area contributed by atoms with Crippen molar-refractivity contribution in [3.8, 4) is 0 Å². The molecule has 7 heteroatoms. The Hall–Kier alpha value is -2.05. The lowest BCUT2D eigenvalue weighted by molar-refractivity contribution is -0.138. The maximum atomic E-state index is 12.8. The molecule has 0 radical (unpaired) electrons. The van der Waals surface area contributed by atoms with E-state index in [0.717, 1.165) is 0 Å². The minimum atomic E-state index is -2.75. The molecule has 0 saturated carbocycles. The number of aliphatic carboxylic acids is 1. The molecule has 0 aromatic carbocycles. The van der Waals surface area contributed by atoms with Crippen molar-refractivity contribution in [2.75, 3.05) is 0 Å². The second-order valence-corrected chi connectivity index (χ2v) is 3.53. The molecule has 1 atom stereocenters. The molecule has 0 bridgehead atoms. The minimum absolute atomic E-state index is 0.180.